The Bertz CT molecular complexity index is 1090. The van der Waals surface area contributed by atoms with Gasteiger partial charge in [0.1, 0.15) is 12.3 Å². The number of aliphatic imine (C=N–C) groups is 1. The summed E-state index contributed by atoms with van der Waals surface area (Å²) in [5, 5.41) is 11.8. The summed E-state index contributed by atoms with van der Waals surface area (Å²) in [6, 6.07) is 13.0. The van der Waals surface area contributed by atoms with Crippen molar-refractivity contribution < 1.29 is 19.0 Å². The zero-order valence-electron chi connectivity index (χ0n) is 16.2. The molecule has 0 fully saturated rings. The van der Waals surface area contributed by atoms with Gasteiger partial charge in [0.2, 0.25) is 11.7 Å². The molecule has 0 spiro atoms. The highest BCUT2D eigenvalue weighted by Gasteiger charge is 2.28. The number of benzene rings is 2. The van der Waals surface area contributed by atoms with Crippen LogP contribution in [0.2, 0.25) is 0 Å². The molecule has 1 amide bonds. The molecule has 1 aliphatic rings. The smallest absolute Gasteiger partial charge is 0.247 e. The summed E-state index contributed by atoms with van der Waals surface area (Å²) in [5.41, 5.74) is 2.28. The first kappa shape index (κ1) is 18.5. The standard InChI is InChI=1S/C20H19N5O4/c1-27-14-10-9-13(18(28-2)19(14)29-3)16-17-20(22-15(26)11-21-16)24-25(23-17)12-7-5-4-6-8-12/h4-10H,11H2,1-3H3,(H,22,24,26). The molecule has 3 aromatic rings. The lowest BCUT2D eigenvalue weighted by molar-refractivity contribution is -0.114. The van der Waals surface area contributed by atoms with E-state index in [-0.39, 0.29) is 12.5 Å². The molecular formula is C20H19N5O4. The van der Waals surface area contributed by atoms with Crippen LogP contribution < -0.4 is 19.5 Å². The van der Waals surface area contributed by atoms with Crippen LogP contribution in [0.3, 0.4) is 0 Å². The molecule has 0 atom stereocenters. The lowest BCUT2D eigenvalue weighted by atomic mass is 10.0. The minimum Gasteiger partial charge on any atom is -0.493 e. The van der Waals surface area contributed by atoms with Crippen molar-refractivity contribution in [2.75, 3.05) is 33.2 Å². The summed E-state index contributed by atoms with van der Waals surface area (Å²) >= 11 is 0. The Labute approximate surface area is 166 Å². The number of nitrogens with one attached hydrogen (secondary N) is 1. The third kappa shape index (κ3) is 3.27. The quantitative estimate of drug-likeness (QED) is 0.712. The van der Waals surface area contributed by atoms with Crippen molar-refractivity contribution in [1.29, 1.82) is 0 Å². The van der Waals surface area contributed by atoms with Gasteiger partial charge in [-0.1, -0.05) is 18.2 Å². The zero-order valence-corrected chi connectivity index (χ0v) is 16.2. The maximum Gasteiger partial charge on any atom is 0.247 e. The molecule has 0 unspecified atom stereocenters. The van der Waals surface area contributed by atoms with Gasteiger partial charge in [-0.15, -0.1) is 15.0 Å². The molecule has 9 heteroatoms. The third-order valence-corrected chi connectivity index (χ3v) is 4.42. The number of rotatable bonds is 5. The van der Waals surface area contributed by atoms with E-state index >= 15 is 0 Å². The minimum absolute atomic E-state index is 0.0593. The van der Waals surface area contributed by atoms with Crippen LogP contribution >= 0.6 is 0 Å². The molecule has 4 rings (SSSR count). The van der Waals surface area contributed by atoms with Gasteiger partial charge < -0.3 is 19.5 Å². The Morgan fingerprint density at radius 2 is 1.69 bits per heavy atom. The van der Waals surface area contributed by atoms with E-state index in [0.29, 0.717) is 40.0 Å². The van der Waals surface area contributed by atoms with Gasteiger partial charge in [0.15, 0.2) is 23.0 Å². The van der Waals surface area contributed by atoms with Crippen molar-refractivity contribution in [2.45, 2.75) is 0 Å². The molecule has 0 radical (unpaired) electrons. The number of amides is 1. The molecular weight excluding hydrogens is 374 g/mol. The fraction of sp³-hybridized carbons (Fsp3) is 0.200. The van der Waals surface area contributed by atoms with Crippen LogP contribution in [0.1, 0.15) is 11.3 Å². The molecule has 148 valence electrons. The summed E-state index contributed by atoms with van der Waals surface area (Å²) in [7, 11) is 4.61. The van der Waals surface area contributed by atoms with E-state index in [0.717, 1.165) is 5.69 Å². The van der Waals surface area contributed by atoms with Crippen molar-refractivity contribution in [1.82, 2.24) is 15.0 Å². The Morgan fingerprint density at radius 1 is 0.931 bits per heavy atom. The van der Waals surface area contributed by atoms with Gasteiger partial charge in [-0.25, -0.2) is 0 Å². The molecule has 9 nitrogen and oxygen atoms in total. The first-order valence-corrected chi connectivity index (χ1v) is 8.83. The molecule has 29 heavy (non-hydrogen) atoms. The second-order valence-electron chi connectivity index (χ2n) is 6.12. The van der Waals surface area contributed by atoms with Gasteiger partial charge in [-0.05, 0) is 24.3 Å². The lowest BCUT2D eigenvalue weighted by Gasteiger charge is -2.16. The van der Waals surface area contributed by atoms with E-state index in [4.69, 9.17) is 14.2 Å². The molecule has 0 saturated heterocycles. The summed E-state index contributed by atoms with van der Waals surface area (Å²) in [6.45, 7) is -0.0593. The summed E-state index contributed by atoms with van der Waals surface area (Å²) in [5.74, 6) is 1.42. The minimum atomic E-state index is -0.277. The first-order valence-electron chi connectivity index (χ1n) is 8.83. The number of aromatic nitrogens is 3. The second-order valence-corrected chi connectivity index (χ2v) is 6.12. The van der Waals surface area contributed by atoms with E-state index in [1.807, 2.05) is 30.3 Å². The zero-order chi connectivity index (χ0) is 20.4. The van der Waals surface area contributed by atoms with E-state index in [1.54, 1.807) is 19.2 Å². The average molecular weight is 393 g/mol. The Hall–Kier alpha value is -3.88. The largest absolute Gasteiger partial charge is 0.493 e. The Balaban J connectivity index is 1.90. The number of fused-ring (bicyclic) bond motifs is 1. The van der Waals surface area contributed by atoms with E-state index in [1.165, 1.54) is 19.0 Å². The molecule has 0 aliphatic carbocycles. The van der Waals surface area contributed by atoms with Crippen molar-refractivity contribution in [3.63, 3.8) is 0 Å². The van der Waals surface area contributed by atoms with Gasteiger partial charge in [0, 0.05) is 5.56 Å². The van der Waals surface area contributed by atoms with Gasteiger partial charge >= 0.3 is 0 Å². The molecule has 0 bridgehead atoms. The number of ether oxygens (including phenoxy) is 3. The number of carbonyl (C=O) groups is 1. The number of hydrogen-bond donors (Lipinski definition) is 1. The monoisotopic (exact) mass is 393 g/mol. The number of para-hydroxylation sites is 1. The number of methoxy groups -OCH3 is 3. The van der Waals surface area contributed by atoms with Crippen LogP contribution in [0.4, 0.5) is 5.82 Å². The average Bonchev–Trinajstić information content (AvgIpc) is 3.10. The van der Waals surface area contributed by atoms with Crippen molar-refractivity contribution >= 4 is 17.4 Å². The summed E-state index contributed by atoms with van der Waals surface area (Å²) < 4.78 is 16.4. The molecule has 2 aromatic carbocycles. The fourth-order valence-corrected chi connectivity index (χ4v) is 3.12. The third-order valence-electron chi connectivity index (χ3n) is 4.42. The first-order chi connectivity index (χ1) is 14.2. The maximum absolute atomic E-state index is 12.2. The van der Waals surface area contributed by atoms with Crippen LogP contribution in [-0.4, -0.2) is 54.5 Å². The van der Waals surface area contributed by atoms with Crippen molar-refractivity contribution in [3.8, 4) is 22.9 Å². The van der Waals surface area contributed by atoms with Crippen LogP contribution in [0, 0.1) is 0 Å². The van der Waals surface area contributed by atoms with E-state index < -0.39 is 0 Å². The van der Waals surface area contributed by atoms with Crippen LogP contribution in [0.15, 0.2) is 47.5 Å². The number of nitrogens with zero attached hydrogens (tertiary/aromatic N) is 4. The number of hydrogen-bond acceptors (Lipinski definition) is 7. The lowest BCUT2D eigenvalue weighted by Crippen LogP contribution is -2.14. The SMILES string of the molecule is COc1ccc(C2=NCC(=O)Nc3nn(-c4ccccc4)nc32)c(OC)c1OC. The summed E-state index contributed by atoms with van der Waals surface area (Å²) in [4.78, 5) is 18.1. The molecule has 1 aliphatic heterocycles. The van der Waals surface area contributed by atoms with Gasteiger partial charge in [-0.2, -0.15) is 0 Å². The molecule has 1 aromatic heterocycles. The molecule has 0 saturated carbocycles. The van der Waals surface area contributed by atoms with Gasteiger partial charge in [-0.3, -0.25) is 9.79 Å². The predicted octanol–water partition coefficient (Wildman–Crippen LogP) is 2.08. The summed E-state index contributed by atoms with van der Waals surface area (Å²) in [6.07, 6.45) is 0. The molecule has 1 N–H and O–H groups in total. The normalized spacial score (nSPS) is 13.1. The van der Waals surface area contributed by atoms with Crippen LogP contribution in [0.5, 0.6) is 17.2 Å². The Kier molecular flexibility index (Phi) is 4.86. The predicted molar refractivity (Wildman–Crippen MR) is 107 cm³/mol. The fourth-order valence-electron chi connectivity index (χ4n) is 3.12. The highest BCUT2D eigenvalue weighted by molar-refractivity contribution is 6.19. The highest BCUT2D eigenvalue weighted by Crippen LogP contribution is 2.41. The van der Waals surface area contributed by atoms with Crippen molar-refractivity contribution in [3.05, 3.63) is 53.7 Å². The Morgan fingerprint density at radius 3 is 2.38 bits per heavy atom. The van der Waals surface area contributed by atoms with E-state index in [9.17, 15) is 4.79 Å². The van der Waals surface area contributed by atoms with Crippen LogP contribution in [0.25, 0.3) is 5.69 Å². The van der Waals surface area contributed by atoms with Gasteiger partial charge in [0.05, 0.1) is 27.0 Å². The number of carbonyl (C=O) groups excluding carboxylic acids is 1. The van der Waals surface area contributed by atoms with Gasteiger partial charge in [0.25, 0.3) is 0 Å². The highest BCUT2D eigenvalue weighted by atomic mass is 16.5. The van der Waals surface area contributed by atoms with Crippen LogP contribution in [-0.2, 0) is 4.79 Å². The number of anilines is 1. The van der Waals surface area contributed by atoms with Crippen molar-refractivity contribution in [2.24, 2.45) is 4.99 Å². The second kappa shape index (κ2) is 7.63. The molecule has 2 heterocycles. The maximum atomic E-state index is 12.2. The van der Waals surface area contributed by atoms with E-state index in [2.05, 4.69) is 20.5 Å². The topological polar surface area (TPSA) is 99.9 Å².